The van der Waals surface area contributed by atoms with Gasteiger partial charge in [-0.15, -0.1) is 0 Å². The lowest BCUT2D eigenvalue weighted by molar-refractivity contribution is -0.138. The van der Waals surface area contributed by atoms with Crippen LogP contribution in [-0.2, 0) is 0 Å². The largest absolute Gasteiger partial charge is 0.493 e. The topological polar surface area (TPSA) is 63.5 Å². The van der Waals surface area contributed by atoms with Gasteiger partial charge in [0.15, 0.2) is 0 Å². The Kier molecular flexibility index (Phi) is 6.85. The van der Waals surface area contributed by atoms with Crippen molar-refractivity contribution >= 4 is 23.2 Å². The Morgan fingerprint density at radius 2 is 1.87 bits per heavy atom. The van der Waals surface area contributed by atoms with Crippen molar-refractivity contribution in [3.8, 4) is 16.9 Å². The maximum absolute atomic E-state index is 14.9. The Hall–Kier alpha value is -2.66. The summed E-state index contributed by atoms with van der Waals surface area (Å²) in [5.41, 5.74) is -0.993. The average molecular weight is 464 g/mol. The van der Waals surface area contributed by atoms with Crippen molar-refractivity contribution in [2.75, 3.05) is 25.5 Å². The molecule has 6 nitrogen and oxygen atoms in total. The number of halogens is 6. The third-order valence-electron chi connectivity index (χ3n) is 4.45. The zero-order valence-corrected chi connectivity index (χ0v) is 17.3. The van der Waals surface area contributed by atoms with E-state index in [1.54, 1.807) is 7.05 Å². The van der Waals surface area contributed by atoms with E-state index in [9.17, 15) is 22.0 Å². The Labute approximate surface area is 179 Å². The molecule has 0 aliphatic carbocycles. The fraction of sp³-hybridized carbons (Fsp3) is 0.368. The predicted octanol–water partition coefficient (Wildman–Crippen LogP) is 4.68. The van der Waals surface area contributed by atoms with Crippen LogP contribution in [0, 0.1) is 11.6 Å². The highest BCUT2D eigenvalue weighted by Gasteiger charge is 2.37. The van der Waals surface area contributed by atoms with E-state index in [2.05, 4.69) is 20.6 Å². The van der Waals surface area contributed by atoms with Gasteiger partial charge in [0.05, 0.1) is 17.7 Å². The van der Waals surface area contributed by atoms with E-state index in [4.69, 9.17) is 16.3 Å². The minimum absolute atomic E-state index is 0.0315. The van der Waals surface area contributed by atoms with Gasteiger partial charge in [0.1, 0.15) is 34.4 Å². The molecular weight excluding hydrogens is 445 g/mol. The van der Waals surface area contributed by atoms with Gasteiger partial charge in [-0.2, -0.15) is 18.2 Å². The Balaban J connectivity index is 2.09. The monoisotopic (exact) mass is 463 g/mol. The summed E-state index contributed by atoms with van der Waals surface area (Å²) in [4.78, 5) is 7.83. The number of nitrogens with zero attached hydrogens (tertiary/aromatic N) is 3. The molecule has 0 saturated carbocycles. The Bertz CT molecular complexity index is 1050. The highest BCUT2D eigenvalue weighted by molar-refractivity contribution is 6.33. The molecule has 0 aliphatic rings. The SMILES string of the molecule is CNCCCOc1cc(F)c(-c2c(Cl)nc3nccn3c2N[C@H](C)C(F)(F)F)c(F)c1. The summed E-state index contributed by atoms with van der Waals surface area (Å²) >= 11 is 6.14. The number of alkyl halides is 3. The van der Waals surface area contributed by atoms with Crippen LogP contribution in [0.25, 0.3) is 16.9 Å². The normalized spacial score (nSPS) is 12.9. The van der Waals surface area contributed by atoms with Crippen LogP contribution in [-0.4, -0.2) is 46.8 Å². The highest BCUT2D eigenvalue weighted by atomic mass is 35.5. The van der Waals surface area contributed by atoms with E-state index in [1.165, 1.54) is 12.4 Å². The Morgan fingerprint density at radius 1 is 1.19 bits per heavy atom. The first kappa shape index (κ1) is 23.0. The minimum atomic E-state index is -4.62. The van der Waals surface area contributed by atoms with Gasteiger partial charge in [-0.05, 0) is 26.9 Å². The van der Waals surface area contributed by atoms with Gasteiger partial charge in [0, 0.05) is 24.5 Å². The van der Waals surface area contributed by atoms with Crippen molar-refractivity contribution in [3.05, 3.63) is 41.3 Å². The van der Waals surface area contributed by atoms with Crippen LogP contribution in [0.2, 0.25) is 5.15 Å². The molecule has 12 heteroatoms. The lowest BCUT2D eigenvalue weighted by Gasteiger charge is -2.22. The second-order valence-corrected chi connectivity index (χ2v) is 7.06. The summed E-state index contributed by atoms with van der Waals surface area (Å²) < 4.78 is 75.9. The molecule has 0 unspecified atom stereocenters. The van der Waals surface area contributed by atoms with E-state index in [-0.39, 0.29) is 29.5 Å². The number of aromatic nitrogens is 3. The van der Waals surface area contributed by atoms with Crippen molar-refractivity contribution in [3.63, 3.8) is 0 Å². The van der Waals surface area contributed by atoms with Gasteiger partial charge in [0.2, 0.25) is 5.78 Å². The van der Waals surface area contributed by atoms with E-state index >= 15 is 0 Å². The fourth-order valence-electron chi connectivity index (χ4n) is 2.88. The molecule has 0 saturated heterocycles. The average Bonchev–Trinajstić information content (AvgIpc) is 3.14. The molecule has 2 heterocycles. The van der Waals surface area contributed by atoms with E-state index < -0.39 is 34.6 Å². The number of ether oxygens (including phenoxy) is 1. The summed E-state index contributed by atoms with van der Waals surface area (Å²) in [6, 6.07) is -0.150. The molecule has 31 heavy (non-hydrogen) atoms. The minimum Gasteiger partial charge on any atom is -0.493 e. The number of hydrogen-bond acceptors (Lipinski definition) is 5. The molecule has 0 amide bonds. The quantitative estimate of drug-likeness (QED) is 0.288. The Morgan fingerprint density at radius 3 is 2.48 bits per heavy atom. The van der Waals surface area contributed by atoms with E-state index in [1.807, 2.05) is 0 Å². The molecule has 0 fully saturated rings. The molecule has 0 spiro atoms. The van der Waals surface area contributed by atoms with Gasteiger partial charge >= 0.3 is 6.18 Å². The summed E-state index contributed by atoms with van der Waals surface area (Å²) in [7, 11) is 1.76. The number of hydrogen-bond donors (Lipinski definition) is 2. The number of imidazole rings is 1. The molecular formula is C19H19ClF5N5O. The summed E-state index contributed by atoms with van der Waals surface area (Å²) in [6.07, 6.45) is -1.43. The van der Waals surface area contributed by atoms with Crippen LogP contribution < -0.4 is 15.4 Å². The van der Waals surface area contributed by atoms with Crippen LogP contribution in [0.5, 0.6) is 5.75 Å². The molecule has 0 radical (unpaired) electrons. The van der Waals surface area contributed by atoms with Crippen molar-refractivity contribution in [2.24, 2.45) is 0 Å². The van der Waals surface area contributed by atoms with Gasteiger partial charge in [0.25, 0.3) is 0 Å². The molecule has 2 aromatic heterocycles. The second kappa shape index (κ2) is 9.23. The number of nitrogens with one attached hydrogen (secondary N) is 2. The summed E-state index contributed by atoms with van der Waals surface area (Å²) in [6.45, 7) is 1.75. The molecule has 0 bridgehead atoms. The van der Waals surface area contributed by atoms with Crippen LogP contribution in [0.4, 0.5) is 27.8 Å². The maximum atomic E-state index is 14.9. The number of benzene rings is 1. The molecule has 168 valence electrons. The zero-order chi connectivity index (χ0) is 22.8. The van der Waals surface area contributed by atoms with Crippen molar-refractivity contribution in [2.45, 2.75) is 25.6 Å². The standard InChI is InChI=1S/C19H19ClF5N5O/c1-10(19(23,24)25)28-17-15(16(20)29-18-27-5-6-30(17)18)14-12(21)8-11(9-13(14)22)31-7-3-4-26-2/h5-6,8-10,26,28H,3-4,7H2,1-2H3/t10-/m1/s1. The first-order valence-corrected chi connectivity index (χ1v) is 9.64. The van der Waals surface area contributed by atoms with Crippen LogP contribution in [0.3, 0.4) is 0 Å². The lowest BCUT2D eigenvalue weighted by Crippen LogP contribution is -2.34. The van der Waals surface area contributed by atoms with Gasteiger partial charge < -0.3 is 15.4 Å². The van der Waals surface area contributed by atoms with Crippen LogP contribution in [0.1, 0.15) is 13.3 Å². The molecule has 1 atom stereocenters. The van der Waals surface area contributed by atoms with Crippen molar-refractivity contribution in [1.82, 2.24) is 19.7 Å². The lowest BCUT2D eigenvalue weighted by atomic mass is 10.1. The maximum Gasteiger partial charge on any atom is 0.408 e. The molecule has 2 N–H and O–H groups in total. The molecule has 0 aliphatic heterocycles. The van der Waals surface area contributed by atoms with E-state index in [0.29, 0.717) is 13.0 Å². The van der Waals surface area contributed by atoms with Crippen LogP contribution >= 0.6 is 11.6 Å². The van der Waals surface area contributed by atoms with Gasteiger partial charge in [-0.1, -0.05) is 11.6 Å². The second-order valence-electron chi connectivity index (χ2n) is 6.70. The number of fused-ring (bicyclic) bond motifs is 1. The zero-order valence-electron chi connectivity index (χ0n) is 16.5. The third-order valence-corrected chi connectivity index (χ3v) is 4.73. The first-order chi connectivity index (χ1) is 14.6. The summed E-state index contributed by atoms with van der Waals surface area (Å²) in [5.74, 6) is -2.50. The first-order valence-electron chi connectivity index (χ1n) is 9.26. The molecule has 3 rings (SSSR count). The van der Waals surface area contributed by atoms with Crippen LogP contribution in [0.15, 0.2) is 24.5 Å². The number of anilines is 1. The fourth-order valence-corrected chi connectivity index (χ4v) is 3.14. The third kappa shape index (κ3) is 4.99. The predicted molar refractivity (Wildman–Crippen MR) is 107 cm³/mol. The van der Waals surface area contributed by atoms with Crippen molar-refractivity contribution < 1.29 is 26.7 Å². The summed E-state index contributed by atoms with van der Waals surface area (Å²) in [5, 5.41) is 4.75. The highest BCUT2D eigenvalue weighted by Crippen LogP contribution is 2.40. The molecule has 1 aromatic carbocycles. The van der Waals surface area contributed by atoms with Gasteiger partial charge in [-0.25, -0.2) is 13.8 Å². The molecule has 3 aromatic rings. The van der Waals surface area contributed by atoms with Gasteiger partial charge in [-0.3, -0.25) is 4.40 Å². The van der Waals surface area contributed by atoms with E-state index in [0.717, 1.165) is 23.5 Å². The van der Waals surface area contributed by atoms with Crippen molar-refractivity contribution in [1.29, 1.82) is 0 Å². The number of rotatable bonds is 8. The smallest absolute Gasteiger partial charge is 0.408 e.